The van der Waals surface area contributed by atoms with Crippen LogP contribution in [0.1, 0.15) is 12.8 Å². The van der Waals surface area contributed by atoms with E-state index in [1.54, 1.807) is 0 Å². The normalized spacial score (nSPS) is 7.71. The molecule has 0 saturated carbocycles. The molecule has 7 heavy (non-hydrogen) atoms. The molecule has 0 aliphatic heterocycles. The Bertz CT molecular complexity index is 21.7. The molecule has 40 valence electrons. The molecule has 0 saturated heterocycles. The van der Waals surface area contributed by atoms with Gasteiger partial charge in [0.25, 0.3) is 0 Å². The van der Waals surface area contributed by atoms with Crippen LogP contribution in [0.25, 0.3) is 0 Å². The van der Waals surface area contributed by atoms with E-state index in [9.17, 15) is 0 Å². The predicted molar refractivity (Wildman–Crippen MR) is 30.6 cm³/mol. The summed E-state index contributed by atoms with van der Waals surface area (Å²) < 4.78 is 0. The summed E-state index contributed by atoms with van der Waals surface area (Å²) in [6.07, 6.45) is 1.44. The molecule has 3 heteroatoms. The third kappa shape index (κ3) is 11.2. The molecule has 0 aromatic carbocycles. The molecule has 0 heterocycles. The van der Waals surface area contributed by atoms with E-state index in [-0.39, 0.29) is 64.6 Å². The van der Waals surface area contributed by atoms with Gasteiger partial charge in [-0.3, -0.25) is 0 Å². The fourth-order valence-electron chi connectivity index (χ4n) is 0.224. The first-order valence-corrected chi connectivity index (χ1v) is 2.13. The van der Waals surface area contributed by atoms with E-state index in [0.29, 0.717) is 0 Å². The molecule has 2 nitrogen and oxygen atoms in total. The van der Waals surface area contributed by atoms with Gasteiger partial charge in [0, 0.05) is 13.2 Å². The first-order valence-electron chi connectivity index (χ1n) is 2.13. The summed E-state index contributed by atoms with van der Waals surface area (Å²) in [6.45, 7) is 0.390. The van der Waals surface area contributed by atoms with Crippen molar-refractivity contribution >= 4 is 51.4 Å². The van der Waals surface area contributed by atoms with E-state index in [2.05, 4.69) is 0 Å². The van der Waals surface area contributed by atoms with Gasteiger partial charge in [0.15, 0.2) is 0 Å². The number of hydrogen-bond acceptors (Lipinski definition) is 2. The molecule has 0 rings (SSSR count). The van der Waals surface area contributed by atoms with Gasteiger partial charge in [-0.2, -0.15) is 0 Å². The van der Waals surface area contributed by atoms with Crippen molar-refractivity contribution in [3.8, 4) is 0 Å². The molecule has 0 aliphatic carbocycles. The summed E-state index contributed by atoms with van der Waals surface area (Å²) in [5.41, 5.74) is 0. The van der Waals surface area contributed by atoms with Gasteiger partial charge in [0.1, 0.15) is 0 Å². The zero-order valence-corrected chi connectivity index (χ0v) is 3.72. The van der Waals surface area contributed by atoms with E-state index < -0.39 is 0 Å². The quantitative estimate of drug-likeness (QED) is 0.384. The van der Waals surface area contributed by atoms with Crippen LogP contribution in [0.15, 0.2) is 0 Å². The maximum absolute atomic E-state index is 8.09. The molecule has 0 radical (unpaired) electrons. The fourth-order valence-corrected chi connectivity index (χ4v) is 0.224. The number of rotatable bonds is 3. The van der Waals surface area contributed by atoms with Gasteiger partial charge >= 0.3 is 51.4 Å². The fraction of sp³-hybridized carbons (Fsp3) is 1.00. The second kappa shape index (κ2) is 10.5. The summed E-state index contributed by atoms with van der Waals surface area (Å²) in [6, 6.07) is 0. The molecule has 0 amide bonds. The van der Waals surface area contributed by atoms with Crippen LogP contribution >= 0.6 is 0 Å². The minimum absolute atomic E-state index is 0. The number of aliphatic hydroxyl groups is 2. The monoisotopic (exact) mass is 130 g/mol. The van der Waals surface area contributed by atoms with E-state index in [1.807, 2.05) is 0 Å². The molecule has 2 N–H and O–H groups in total. The average Bonchev–Trinajstić information content (AvgIpc) is 1.61. The first kappa shape index (κ1) is 11.4. The molecule has 0 fully saturated rings. The van der Waals surface area contributed by atoms with E-state index in [1.165, 1.54) is 0 Å². The van der Waals surface area contributed by atoms with Crippen molar-refractivity contribution in [1.82, 2.24) is 0 Å². The van der Waals surface area contributed by atoms with Crippen molar-refractivity contribution in [3.05, 3.63) is 0 Å². The van der Waals surface area contributed by atoms with Crippen molar-refractivity contribution in [1.29, 1.82) is 0 Å². The number of hydrogen-bond donors (Lipinski definition) is 2. The Morgan fingerprint density at radius 1 is 0.857 bits per heavy atom. The van der Waals surface area contributed by atoms with Crippen LogP contribution in [-0.2, 0) is 0 Å². The molecule has 0 atom stereocenters. The Balaban J connectivity index is 0. The molecule has 0 unspecified atom stereocenters. The van der Waals surface area contributed by atoms with Crippen molar-refractivity contribution < 1.29 is 10.2 Å². The van der Waals surface area contributed by atoms with Gasteiger partial charge in [-0.25, -0.2) is 0 Å². The molecule has 0 aromatic heterocycles. The average molecular weight is 130 g/mol. The van der Waals surface area contributed by atoms with Crippen LogP contribution in [0.4, 0.5) is 0 Å². The zero-order chi connectivity index (χ0) is 4.83. The van der Waals surface area contributed by atoms with E-state index in [0.717, 1.165) is 12.8 Å². The third-order valence-electron chi connectivity index (χ3n) is 0.566. The van der Waals surface area contributed by atoms with Crippen LogP contribution < -0.4 is 0 Å². The Hall–Kier alpha value is 1.56. The predicted octanol–water partition coefficient (Wildman–Crippen LogP) is -0.897. The molecular weight excluding hydrogens is 119 g/mol. The topological polar surface area (TPSA) is 40.5 Å². The SMILES string of the molecule is OCCCCO.[KH]. The molecule has 0 aliphatic rings. The van der Waals surface area contributed by atoms with E-state index in [4.69, 9.17) is 10.2 Å². The van der Waals surface area contributed by atoms with Crippen LogP contribution in [0.2, 0.25) is 0 Å². The van der Waals surface area contributed by atoms with Crippen LogP contribution in [0, 0.1) is 0 Å². The summed E-state index contributed by atoms with van der Waals surface area (Å²) in [5, 5.41) is 16.2. The Morgan fingerprint density at radius 3 is 1.29 bits per heavy atom. The third-order valence-corrected chi connectivity index (χ3v) is 0.566. The summed E-state index contributed by atoms with van der Waals surface area (Å²) in [7, 11) is 0. The Labute approximate surface area is 86.3 Å². The van der Waals surface area contributed by atoms with Crippen molar-refractivity contribution in [2.75, 3.05) is 13.2 Å². The number of aliphatic hydroxyl groups excluding tert-OH is 2. The summed E-state index contributed by atoms with van der Waals surface area (Å²) >= 11 is 0. The second-order valence-electron chi connectivity index (χ2n) is 1.15. The molecule has 0 spiro atoms. The first-order chi connectivity index (χ1) is 2.91. The second-order valence-corrected chi connectivity index (χ2v) is 1.15. The Morgan fingerprint density at radius 2 is 1.14 bits per heavy atom. The van der Waals surface area contributed by atoms with Gasteiger partial charge < -0.3 is 10.2 Å². The van der Waals surface area contributed by atoms with Crippen LogP contribution in [0.3, 0.4) is 0 Å². The zero-order valence-electron chi connectivity index (χ0n) is 3.72. The Kier molecular flexibility index (Phi) is 17.1. The van der Waals surface area contributed by atoms with Crippen LogP contribution in [-0.4, -0.2) is 74.8 Å². The summed E-state index contributed by atoms with van der Waals surface area (Å²) in [5.74, 6) is 0. The summed E-state index contributed by atoms with van der Waals surface area (Å²) in [4.78, 5) is 0. The minimum atomic E-state index is 0. The van der Waals surface area contributed by atoms with Gasteiger partial charge in [-0.1, -0.05) is 0 Å². The van der Waals surface area contributed by atoms with E-state index >= 15 is 0 Å². The number of unbranched alkanes of at least 4 members (excludes halogenated alkanes) is 1. The standard InChI is InChI=1S/C4H10O2.K.H/c5-3-1-2-4-6;;/h5-6H,1-4H2;;. The molecular formula is C4H11KO2. The van der Waals surface area contributed by atoms with Gasteiger partial charge in [-0.05, 0) is 12.8 Å². The maximum atomic E-state index is 8.09. The van der Waals surface area contributed by atoms with Crippen molar-refractivity contribution in [2.45, 2.75) is 12.8 Å². The molecule has 0 bridgehead atoms. The molecule has 0 aromatic rings. The van der Waals surface area contributed by atoms with Crippen molar-refractivity contribution in [3.63, 3.8) is 0 Å². The van der Waals surface area contributed by atoms with Gasteiger partial charge in [0.05, 0.1) is 0 Å². The van der Waals surface area contributed by atoms with Crippen LogP contribution in [0.5, 0.6) is 0 Å². The van der Waals surface area contributed by atoms with Gasteiger partial charge in [0.2, 0.25) is 0 Å². The van der Waals surface area contributed by atoms with Gasteiger partial charge in [-0.15, -0.1) is 0 Å². The van der Waals surface area contributed by atoms with Crippen molar-refractivity contribution in [2.24, 2.45) is 0 Å².